The summed E-state index contributed by atoms with van der Waals surface area (Å²) in [6.07, 6.45) is 4.31. The predicted molar refractivity (Wildman–Crippen MR) is 115 cm³/mol. The third-order valence-corrected chi connectivity index (χ3v) is 5.66. The van der Waals surface area contributed by atoms with Gasteiger partial charge in [-0.2, -0.15) is 0 Å². The van der Waals surface area contributed by atoms with Crippen molar-refractivity contribution < 1.29 is 4.79 Å². The van der Waals surface area contributed by atoms with E-state index in [0.717, 1.165) is 24.3 Å². The molecule has 0 bridgehead atoms. The number of anilines is 3. The number of amides is 1. The zero-order valence-corrected chi connectivity index (χ0v) is 16.3. The van der Waals surface area contributed by atoms with Crippen LogP contribution in [0.3, 0.4) is 0 Å². The number of thiazole rings is 1. The minimum atomic E-state index is -0.247. The van der Waals surface area contributed by atoms with Crippen molar-refractivity contribution in [3.8, 4) is 10.8 Å². The summed E-state index contributed by atoms with van der Waals surface area (Å²) in [4.78, 5) is 27.9. The third-order valence-electron chi connectivity index (χ3n) is 4.82. The van der Waals surface area contributed by atoms with Gasteiger partial charge in [0.15, 0.2) is 10.8 Å². The average Bonchev–Trinajstić information content (AvgIpc) is 3.43. The molecule has 2 aromatic carbocycles. The minimum Gasteiger partial charge on any atom is -0.339 e. The van der Waals surface area contributed by atoms with Gasteiger partial charge in [0.2, 0.25) is 0 Å². The Balaban J connectivity index is 1.41. The minimum absolute atomic E-state index is 0.247. The van der Waals surface area contributed by atoms with Gasteiger partial charge in [0, 0.05) is 30.0 Å². The Morgan fingerprint density at radius 2 is 1.72 bits per heavy atom. The first kappa shape index (κ1) is 17.5. The standard InChI is InChI=1S/C22H17N5OS/c28-21(17-14-29-22(26-17)20-23-11-5-12-24-20)25-16-7-2-4-9-19(16)27-13-10-15-6-1-3-8-18(15)27/h1-9,11-12,14H,10,13H2,(H,25,28). The number of aromatic nitrogens is 3. The highest BCUT2D eigenvalue weighted by atomic mass is 32.1. The lowest BCUT2D eigenvalue weighted by Gasteiger charge is -2.22. The molecule has 142 valence electrons. The van der Waals surface area contributed by atoms with E-state index in [1.807, 2.05) is 30.3 Å². The highest BCUT2D eigenvalue weighted by Crippen LogP contribution is 2.38. The molecule has 0 fully saturated rings. The van der Waals surface area contributed by atoms with E-state index in [-0.39, 0.29) is 5.91 Å². The second kappa shape index (κ2) is 7.44. The molecular formula is C22H17N5OS. The van der Waals surface area contributed by atoms with Crippen LogP contribution in [0.1, 0.15) is 16.1 Å². The summed E-state index contributed by atoms with van der Waals surface area (Å²) in [5, 5.41) is 5.38. The Labute approximate surface area is 171 Å². The number of fused-ring (bicyclic) bond motifs is 1. The summed E-state index contributed by atoms with van der Waals surface area (Å²) in [6, 6.07) is 18.0. The molecule has 5 rings (SSSR count). The van der Waals surface area contributed by atoms with Crippen molar-refractivity contribution in [3.63, 3.8) is 0 Å². The fraction of sp³-hybridized carbons (Fsp3) is 0.0909. The second-order valence-electron chi connectivity index (χ2n) is 6.61. The lowest BCUT2D eigenvalue weighted by Crippen LogP contribution is -2.18. The maximum absolute atomic E-state index is 12.8. The summed E-state index contributed by atoms with van der Waals surface area (Å²) in [7, 11) is 0. The van der Waals surface area contributed by atoms with E-state index in [1.165, 1.54) is 22.6 Å². The topological polar surface area (TPSA) is 71.0 Å². The first-order valence-corrected chi connectivity index (χ1v) is 10.2. The molecule has 0 aliphatic carbocycles. The van der Waals surface area contributed by atoms with E-state index in [2.05, 4.69) is 43.4 Å². The molecule has 1 amide bonds. The first-order valence-electron chi connectivity index (χ1n) is 9.28. The normalized spacial score (nSPS) is 12.6. The summed E-state index contributed by atoms with van der Waals surface area (Å²) in [6.45, 7) is 0.887. The van der Waals surface area contributed by atoms with E-state index < -0.39 is 0 Å². The van der Waals surface area contributed by atoms with Gasteiger partial charge in [-0.3, -0.25) is 4.79 Å². The van der Waals surface area contributed by atoms with Gasteiger partial charge in [-0.1, -0.05) is 30.3 Å². The lowest BCUT2D eigenvalue weighted by atomic mass is 10.1. The van der Waals surface area contributed by atoms with E-state index in [9.17, 15) is 4.79 Å². The Morgan fingerprint density at radius 3 is 2.59 bits per heavy atom. The van der Waals surface area contributed by atoms with Crippen molar-refractivity contribution in [1.82, 2.24) is 15.0 Å². The van der Waals surface area contributed by atoms with Crippen LogP contribution in [-0.4, -0.2) is 27.4 Å². The van der Waals surface area contributed by atoms with Crippen molar-refractivity contribution in [2.24, 2.45) is 0 Å². The van der Waals surface area contributed by atoms with E-state index in [1.54, 1.807) is 23.8 Å². The SMILES string of the molecule is O=C(Nc1ccccc1N1CCc2ccccc21)c1csc(-c2ncccn2)n1. The number of nitrogens with one attached hydrogen (secondary N) is 1. The molecule has 1 aliphatic heterocycles. The number of carbonyl (C=O) groups excluding carboxylic acids is 1. The Kier molecular flexibility index (Phi) is 4.50. The van der Waals surface area contributed by atoms with E-state index in [4.69, 9.17) is 0 Å². The molecule has 0 spiro atoms. The van der Waals surface area contributed by atoms with Crippen LogP contribution < -0.4 is 10.2 Å². The van der Waals surface area contributed by atoms with Crippen molar-refractivity contribution >= 4 is 34.3 Å². The molecule has 0 saturated heterocycles. The van der Waals surface area contributed by atoms with Gasteiger partial charge in [-0.25, -0.2) is 15.0 Å². The number of benzene rings is 2. The fourth-order valence-electron chi connectivity index (χ4n) is 3.48. The summed E-state index contributed by atoms with van der Waals surface area (Å²) >= 11 is 1.35. The van der Waals surface area contributed by atoms with Crippen molar-refractivity contribution in [2.75, 3.05) is 16.8 Å². The van der Waals surface area contributed by atoms with Crippen LogP contribution in [0, 0.1) is 0 Å². The van der Waals surface area contributed by atoms with Gasteiger partial charge < -0.3 is 10.2 Å². The molecule has 0 radical (unpaired) electrons. The summed E-state index contributed by atoms with van der Waals surface area (Å²) in [5.41, 5.74) is 4.61. The Bertz CT molecular complexity index is 1170. The van der Waals surface area contributed by atoms with Crippen molar-refractivity contribution in [2.45, 2.75) is 6.42 Å². The predicted octanol–water partition coefficient (Wildman–Crippen LogP) is 4.55. The molecule has 1 aliphatic rings. The monoisotopic (exact) mass is 399 g/mol. The quantitative estimate of drug-likeness (QED) is 0.545. The van der Waals surface area contributed by atoms with Crippen molar-refractivity contribution in [1.29, 1.82) is 0 Å². The number of hydrogen-bond donors (Lipinski definition) is 1. The molecule has 3 heterocycles. The summed E-state index contributed by atoms with van der Waals surface area (Å²) < 4.78 is 0. The molecule has 0 atom stereocenters. The molecule has 6 nitrogen and oxygen atoms in total. The second-order valence-corrected chi connectivity index (χ2v) is 7.47. The highest BCUT2D eigenvalue weighted by Gasteiger charge is 2.23. The van der Waals surface area contributed by atoms with Gasteiger partial charge >= 0.3 is 0 Å². The number of nitrogens with zero attached hydrogens (tertiary/aromatic N) is 4. The molecule has 7 heteroatoms. The maximum atomic E-state index is 12.8. The number of carbonyl (C=O) groups is 1. The molecule has 4 aromatic rings. The summed E-state index contributed by atoms with van der Waals surface area (Å²) in [5.74, 6) is 0.272. The van der Waals surface area contributed by atoms with Crippen LogP contribution in [0.25, 0.3) is 10.8 Å². The number of rotatable bonds is 4. The Hall–Kier alpha value is -3.58. The Morgan fingerprint density at radius 1 is 0.966 bits per heavy atom. The van der Waals surface area contributed by atoms with Crippen LogP contribution >= 0.6 is 11.3 Å². The lowest BCUT2D eigenvalue weighted by molar-refractivity contribution is 0.102. The van der Waals surface area contributed by atoms with Crippen LogP contribution in [0.4, 0.5) is 17.1 Å². The third kappa shape index (κ3) is 3.36. The maximum Gasteiger partial charge on any atom is 0.275 e. The number of hydrogen-bond acceptors (Lipinski definition) is 6. The fourth-order valence-corrected chi connectivity index (χ4v) is 4.22. The molecular weight excluding hydrogens is 382 g/mol. The molecule has 2 aromatic heterocycles. The van der Waals surface area contributed by atoms with Gasteiger partial charge in [-0.05, 0) is 36.2 Å². The van der Waals surface area contributed by atoms with Crippen LogP contribution in [0.15, 0.2) is 72.4 Å². The molecule has 0 saturated carbocycles. The van der Waals surface area contributed by atoms with E-state index in [0.29, 0.717) is 16.5 Å². The zero-order valence-electron chi connectivity index (χ0n) is 15.4. The van der Waals surface area contributed by atoms with Gasteiger partial charge in [0.05, 0.1) is 11.4 Å². The van der Waals surface area contributed by atoms with Crippen LogP contribution in [-0.2, 0) is 6.42 Å². The van der Waals surface area contributed by atoms with Gasteiger partial charge in [0.25, 0.3) is 5.91 Å². The smallest absolute Gasteiger partial charge is 0.275 e. The van der Waals surface area contributed by atoms with Crippen LogP contribution in [0.5, 0.6) is 0 Å². The van der Waals surface area contributed by atoms with Crippen molar-refractivity contribution in [3.05, 3.63) is 83.6 Å². The van der Waals surface area contributed by atoms with Gasteiger partial charge in [-0.15, -0.1) is 11.3 Å². The van der Waals surface area contributed by atoms with Gasteiger partial charge in [0.1, 0.15) is 5.69 Å². The van der Waals surface area contributed by atoms with Crippen LogP contribution in [0.2, 0.25) is 0 Å². The average molecular weight is 399 g/mol. The first-order chi connectivity index (χ1) is 14.3. The number of para-hydroxylation sites is 3. The highest BCUT2D eigenvalue weighted by molar-refractivity contribution is 7.13. The molecule has 0 unspecified atom stereocenters. The zero-order chi connectivity index (χ0) is 19.6. The van der Waals surface area contributed by atoms with E-state index >= 15 is 0 Å². The molecule has 1 N–H and O–H groups in total. The molecule has 29 heavy (non-hydrogen) atoms. The largest absolute Gasteiger partial charge is 0.339 e.